The van der Waals surface area contributed by atoms with Gasteiger partial charge in [0.15, 0.2) is 0 Å². The lowest BCUT2D eigenvalue weighted by Gasteiger charge is -2.21. The van der Waals surface area contributed by atoms with Crippen molar-refractivity contribution in [3.05, 3.63) is 59.2 Å². The summed E-state index contributed by atoms with van der Waals surface area (Å²) in [4.78, 5) is 17.9. The van der Waals surface area contributed by atoms with Crippen LogP contribution in [0.3, 0.4) is 0 Å². The Morgan fingerprint density at radius 2 is 2.04 bits per heavy atom. The second-order valence-corrected chi connectivity index (χ2v) is 6.22. The van der Waals surface area contributed by atoms with Gasteiger partial charge in [0, 0.05) is 5.69 Å². The summed E-state index contributed by atoms with van der Waals surface area (Å²) in [7, 11) is 0. The van der Waals surface area contributed by atoms with Gasteiger partial charge in [-0.15, -0.1) is 0 Å². The largest absolute Gasteiger partial charge is 0.485 e. The third kappa shape index (κ3) is 3.52. The second kappa shape index (κ2) is 7.28. The molecule has 6 nitrogen and oxygen atoms in total. The van der Waals surface area contributed by atoms with E-state index >= 15 is 0 Å². The number of carbonyl (C=O) groups is 1. The minimum absolute atomic E-state index is 0.230. The van der Waals surface area contributed by atoms with Crippen LogP contribution in [0.5, 0.6) is 5.75 Å². The van der Waals surface area contributed by atoms with Crippen molar-refractivity contribution in [1.29, 1.82) is 5.26 Å². The highest BCUT2D eigenvalue weighted by atomic mass is 16.5. The van der Waals surface area contributed by atoms with Crippen LogP contribution in [0, 0.1) is 25.2 Å². The van der Waals surface area contributed by atoms with E-state index in [2.05, 4.69) is 11.1 Å². The van der Waals surface area contributed by atoms with Crippen LogP contribution >= 0.6 is 0 Å². The molecule has 1 heterocycles. The molecule has 3 rings (SSSR count). The number of nitriles is 1. The Morgan fingerprint density at radius 1 is 1.31 bits per heavy atom. The number of primary amides is 1. The standard InChI is InChI=1S/C20H20N4O2/c1-13-4-3-5-18(14(13)2)26-12-19-23-17(20(22)25)11-24(19)16-8-6-15(10-21)7-9-16/h3-9,17H,11-12H2,1-2H3,(H2,22,25). The molecule has 1 atom stereocenters. The molecule has 0 radical (unpaired) electrons. The summed E-state index contributed by atoms with van der Waals surface area (Å²) < 4.78 is 5.95. The zero-order chi connectivity index (χ0) is 18.7. The van der Waals surface area contributed by atoms with Crippen molar-refractivity contribution in [3.8, 4) is 11.8 Å². The first kappa shape index (κ1) is 17.5. The number of amidine groups is 1. The van der Waals surface area contributed by atoms with Crippen molar-refractivity contribution in [3.63, 3.8) is 0 Å². The lowest BCUT2D eigenvalue weighted by molar-refractivity contribution is -0.118. The molecule has 26 heavy (non-hydrogen) atoms. The van der Waals surface area contributed by atoms with Gasteiger partial charge in [-0.3, -0.25) is 9.79 Å². The molecule has 2 aromatic carbocycles. The van der Waals surface area contributed by atoms with Crippen molar-refractivity contribution < 1.29 is 9.53 Å². The normalized spacial score (nSPS) is 16.1. The van der Waals surface area contributed by atoms with Gasteiger partial charge in [-0.1, -0.05) is 12.1 Å². The maximum absolute atomic E-state index is 11.6. The number of ether oxygens (including phenoxy) is 1. The second-order valence-electron chi connectivity index (χ2n) is 6.22. The number of rotatable bonds is 5. The predicted octanol–water partition coefficient (Wildman–Crippen LogP) is 2.33. The molecule has 2 N–H and O–H groups in total. The highest BCUT2D eigenvalue weighted by molar-refractivity contribution is 6.03. The lowest BCUT2D eigenvalue weighted by Crippen LogP contribution is -2.36. The molecule has 0 fully saturated rings. The smallest absolute Gasteiger partial charge is 0.244 e. The molecule has 1 amide bonds. The molecule has 0 aromatic heterocycles. The minimum Gasteiger partial charge on any atom is -0.485 e. The average molecular weight is 348 g/mol. The zero-order valence-electron chi connectivity index (χ0n) is 14.8. The van der Waals surface area contributed by atoms with Crippen molar-refractivity contribution in [1.82, 2.24) is 0 Å². The number of benzene rings is 2. The lowest BCUT2D eigenvalue weighted by atomic mass is 10.1. The Hall–Kier alpha value is -3.33. The Kier molecular flexibility index (Phi) is 4.90. The first-order valence-electron chi connectivity index (χ1n) is 8.32. The van der Waals surface area contributed by atoms with Crippen LogP contribution in [0.1, 0.15) is 16.7 Å². The molecule has 0 saturated heterocycles. The Balaban J connectivity index is 1.82. The van der Waals surface area contributed by atoms with Crippen LogP contribution in [0.25, 0.3) is 0 Å². The summed E-state index contributed by atoms with van der Waals surface area (Å²) in [5.74, 6) is 0.958. The molecule has 1 unspecified atom stereocenters. The highest BCUT2D eigenvalue weighted by Gasteiger charge is 2.30. The predicted molar refractivity (Wildman–Crippen MR) is 100 cm³/mol. The van der Waals surface area contributed by atoms with E-state index in [1.165, 1.54) is 0 Å². The van der Waals surface area contributed by atoms with Crippen LogP contribution in [-0.4, -0.2) is 30.9 Å². The van der Waals surface area contributed by atoms with Crippen molar-refractivity contribution >= 4 is 17.4 Å². The Bertz CT molecular complexity index is 897. The topological polar surface area (TPSA) is 91.7 Å². The number of nitrogens with zero attached hydrogens (tertiary/aromatic N) is 3. The number of carbonyl (C=O) groups excluding carboxylic acids is 1. The van der Waals surface area contributed by atoms with Crippen molar-refractivity contribution in [2.24, 2.45) is 10.7 Å². The van der Waals surface area contributed by atoms with Gasteiger partial charge in [0.25, 0.3) is 0 Å². The van der Waals surface area contributed by atoms with E-state index < -0.39 is 11.9 Å². The fourth-order valence-electron chi connectivity index (χ4n) is 2.83. The van der Waals surface area contributed by atoms with Crippen LogP contribution in [0.2, 0.25) is 0 Å². The Morgan fingerprint density at radius 3 is 2.69 bits per heavy atom. The van der Waals surface area contributed by atoms with Crippen LogP contribution in [-0.2, 0) is 4.79 Å². The van der Waals surface area contributed by atoms with Gasteiger partial charge in [-0.2, -0.15) is 5.26 Å². The number of hydrogen-bond donors (Lipinski definition) is 1. The third-order valence-corrected chi connectivity index (χ3v) is 4.52. The monoisotopic (exact) mass is 348 g/mol. The van der Waals surface area contributed by atoms with Gasteiger partial charge in [0.05, 0.1) is 18.2 Å². The van der Waals surface area contributed by atoms with Gasteiger partial charge < -0.3 is 15.4 Å². The van der Waals surface area contributed by atoms with Gasteiger partial charge in [0.2, 0.25) is 5.91 Å². The van der Waals surface area contributed by atoms with Gasteiger partial charge in [-0.25, -0.2) is 0 Å². The van der Waals surface area contributed by atoms with E-state index in [1.807, 2.05) is 49.1 Å². The summed E-state index contributed by atoms with van der Waals surface area (Å²) in [5, 5.41) is 8.95. The highest BCUT2D eigenvalue weighted by Crippen LogP contribution is 2.24. The molecule has 0 bridgehead atoms. The zero-order valence-corrected chi connectivity index (χ0v) is 14.8. The first-order valence-corrected chi connectivity index (χ1v) is 8.32. The SMILES string of the molecule is Cc1cccc(OCC2=NC(C(N)=O)CN2c2ccc(C#N)cc2)c1C. The molecule has 0 aliphatic carbocycles. The van der Waals surface area contributed by atoms with Gasteiger partial charge in [-0.05, 0) is 55.3 Å². The summed E-state index contributed by atoms with van der Waals surface area (Å²) in [6, 6.07) is 14.5. The van der Waals surface area contributed by atoms with E-state index in [-0.39, 0.29) is 6.61 Å². The molecular formula is C20H20N4O2. The summed E-state index contributed by atoms with van der Waals surface area (Å²) in [6.45, 7) is 4.63. The van der Waals surface area contributed by atoms with Crippen molar-refractivity contribution in [2.75, 3.05) is 18.1 Å². The fourth-order valence-corrected chi connectivity index (χ4v) is 2.83. The number of amides is 1. The molecule has 1 aliphatic rings. The summed E-state index contributed by atoms with van der Waals surface area (Å²) in [5.41, 5.74) is 9.08. The summed E-state index contributed by atoms with van der Waals surface area (Å²) in [6.07, 6.45) is 0. The molecule has 132 valence electrons. The number of anilines is 1. The maximum atomic E-state index is 11.6. The van der Waals surface area contributed by atoms with E-state index in [0.717, 1.165) is 22.6 Å². The van der Waals surface area contributed by atoms with Crippen LogP contribution in [0.15, 0.2) is 47.5 Å². The van der Waals surface area contributed by atoms with Crippen LogP contribution < -0.4 is 15.4 Å². The molecular weight excluding hydrogens is 328 g/mol. The maximum Gasteiger partial charge on any atom is 0.244 e. The molecule has 0 saturated carbocycles. The van der Waals surface area contributed by atoms with Crippen molar-refractivity contribution in [2.45, 2.75) is 19.9 Å². The van der Waals surface area contributed by atoms with Crippen LogP contribution in [0.4, 0.5) is 5.69 Å². The van der Waals surface area contributed by atoms with E-state index in [4.69, 9.17) is 15.7 Å². The number of aliphatic imine (C=N–C) groups is 1. The number of hydrogen-bond acceptors (Lipinski definition) is 5. The van der Waals surface area contributed by atoms with E-state index in [0.29, 0.717) is 17.9 Å². The van der Waals surface area contributed by atoms with E-state index in [1.54, 1.807) is 12.1 Å². The number of aryl methyl sites for hydroxylation is 1. The third-order valence-electron chi connectivity index (χ3n) is 4.52. The molecule has 6 heteroatoms. The Labute approximate surface area is 152 Å². The number of nitrogens with two attached hydrogens (primary N) is 1. The average Bonchev–Trinajstić information content (AvgIpc) is 3.07. The van der Waals surface area contributed by atoms with Gasteiger partial charge >= 0.3 is 0 Å². The molecule has 1 aliphatic heterocycles. The van der Waals surface area contributed by atoms with Gasteiger partial charge in [0.1, 0.15) is 24.2 Å². The fraction of sp³-hybridized carbons (Fsp3) is 0.250. The summed E-state index contributed by atoms with van der Waals surface area (Å²) >= 11 is 0. The minimum atomic E-state index is -0.608. The molecule has 0 spiro atoms. The quantitative estimate of drug-likeness (QED) is 0.897. The molecule has 2 aromatic rings. The van der Waals surface area contributed by atoms with E-state index in [9.17, 15) is 4.79 Å². The first-order chi connectivity index (χ1) is 12.5.